The molecule has 0 aliphatic carbocycles. The Balaban J connectivity index is 1.66. The normalized spacial score (nSPS) is 15.0. The Morgan fingerprint density at radius 1 is 1.31 bits per heavy atom. The highest BCUT2D eigenvalue weighted by molar-refractivity contribution is 6.33. The number of nitrogens with zero attached hydrogens (tertiary/aromatic N) is 1. The quantitative estimate of drug-likeness (QED) is 0.857. The van der Waals surface area contributed by atoms with Crippen molar-refractivity contribution in [3.05, 3.63) is 53.3 Å². The van der Waals surface area contributed by atoms with Gasteiger partial charge < -0.3 is 15.0 Å². The van der Waals surface area contributed by atoms with E-state index in [-0.39, 0.29) is 10.9 Å². The zero-order valence-electron chi connectivity index (χ0n) is 14.2. The summed E-state index contributed by atoms with van der Waals surface area (Å²) >= 11 is 5.91. The molecule has 1 aliphatic rings. The van der Waals surface area contributed by atoms with Gasteiger partial charge in [0, 0.05) is 24.7 Å². The predicted molar refractivity (Wildman–Crippen MR) is 98.2 cm³/mol. The molecule has 0 unspecified atom stereocenters. The number of nitrogens with one attached hydrogen (secondary N) is 1. The summed E-state index contributed by atoms with van der Waals surface area (Å²) in [5.41, 5.74) is 1.06. The minimum Gasteiger partial charge on any atom is -0.481 e. The Labute approximate surface area is 155 Å². The Morgan fingerprint density at radius 3 is 2.81 bits per heavy atom. The first-order chi connectivity index (χ1) is 12.4. The number of carbonyl (C=O) groups excluding carboxylic acids is 2. The van der Waals surface area contributed by atoms with E-state index in [1.54, 1.807) is 30.0 Å². The van der Waals surface area contributed by atoms with Gasteiger partial charge in [-0.15, -0.1) is 0 Å². The molecule has 2 aromatic carbocycles. The van der Waals surface area contributed by atoms with E-state index in [0.29, 0.717) is 24.4 Å². The molecule has 0 radical (unpaired) electrons. The van der Waals surface area contributed by atoms with Crippen LogP contribution in [-0.4, -0.2) is 24.5 Å². The third kappa shape index (κ3) is 4.14. The largest absolute Gasteiger partial charge is 0.481 e. The molecule has 0 aromatic heterocycles. The van der Waals surface area contributed by atoms with Gasteiger partial charge >= 0.3 is 0 Å². The highest BCUT2D eigenvalue weighted by atomic mass is 35.5. The zero-order chi connectivity index (χ0) is 18.7. The van der Waals surface area contributed by atoms with Crippen molar-refractivity contribution < 1.29 is 18.7 Å². The fourth-order valence-corrected chi connectivity index (χ4v) is 2.94. The number of rotatable bonds is 5. The van der Waals surface area contributed by atoms with Crippen molar-refractivity contribution in [1.82, 2.24) is 0 Å². The third-order valence-electron chi connectivity index (χ3n) is 4.07. The van der Waals surface area contributed by atoms with Crippen molar-refractivity contribution in [3.63, 3.8) is 0 Å². The van der Waals surface area contributed by atoms with E-state index in [2.05, 4.69) is 5.32 Å². The number of benzene rings is 2. The maximum atomic E-state index is 13.1. The summed E-state index contributed by atoms with van der Waals surface area (Å²) in [6.45, 7) is 2.28. The Hall–Kier alpha value is -2.60. The van der Waals surface area contributed by atoms with Crippen LogP contribution >= 0.6 is 11.6 Å². The number of hydrogen-bond acceptors (Lipinski definition) is 3. The average molecular weight is 377 g/mol. The zero-order valence-corrected chi connectivity index (χ0v) is 14.9. The molecule has 0 saturated carbocycles. The van der Waals surface area contributed by atoms with E-state index in [9.17, 15) is 14.0 Å². The van der Waals surface area contributed by atoms with Gasteiger partial charge in [-0.3, -0.25) is 9.59 Å². The van der Waals surface area contributed by atoms with E-state index < -0.39 is 17.8 Å². The van der Waals surface area contributed by atoms with Crippen LogP contribution in [0.4, 0.5) is 15.8 Å². The standard InChI is InChI=1S/C19H18ClFN2O3/c1-12(19(25)22-17-8-7-13(21)10-16(17)20)26-15-5-2-4-14(11-15)23-9-3-6-18(23)24/h2,4-5,7-8,10-12H,3,6,9H2,1H3,(H,22,25)/t12-/m1/s1. The first kappa shape index (κ1) is 18.2. The molecule has 26 heavy (non-hydrogen) atoms. The molecule has 7 heteroatoms. The SMILES string of the molecule is C[C@@H](Oc1cccc(N2CCCC2=O)c1)C(=O)Nc1ccc(F)cc1Cl. The van der Waals surface area contributed by atoms with Crippen LogP contribution in [-0.2, 0) is 9.59 Å². The molecule has 1 atom stereocenters. The molecule has 2 aromatic rings. The number of anilines is 2. The minimum absolute atomic E-state index is 0.0823. The molecule has 2 amide bonds. The first-order valence-electron chi connectivity index (χ1n) is 8.27. The fraction of sp³-hybridized carbons (Fsp3) is 0.263. The summed E-state index contributed by atoms with van der Waals surface area (Å²) in [6, 6.07) is 10.8. The molecule has 5 nitrogen and oxygen atoms in total. The summed E-state index contributed by atoms with van der Waals surface area (Å²) in [6.07, 6.45) is 0.573. The third-order valence-corrected chi connectivity index (χ3v) is 4.39. The van der Waals surface area contributed by atoms with Gasteiger partial charge in [0.25, 0.3) is 5.91 Å². The van der Waals surface area contributed by atoms with Crippen LogP contribution in [0.2, 0.25) is 5.02 Å². The highest BCUT2D eigenvalue weighted by Crippen LogP contribution is 2.26. The Morgan fingerprint density at radius 2 is 2.12 bits per heavy atom. The van der Waals surface area contributed by atoms with Crippen molar-refractivity contribution in [2.75, 3.05) is 16.8 Å². The van der Waals surface area contributed by atoms with Gasteiger partial charge in [-0.1, -0.05) is 17.7 Å². The highest BCUT2D eigenvalue weighted by Gasteiger charge is 2.22. The second-order valence-corrected chi connectivity index (χ2v) is 6.43. The van der Waals surface area contributed by atoms with Crippen molar-refractivity contribution in [2.24, 2.45) is 0 Å². The van der Waals surface area contributed by atoms with Crippen molar-refractivity contribution in [1.29, 1.82) is 0 Å². The number of amides is 2. The molecular formula is C19H18ClFN2O3. The molecular weight excluding hydrogens is 359 g/mol. The summed E-state index contributed by atoms with van der Waals surface area (Å²) in [5.74, 6) is -0.333. The Kier molecular flexibility index (Phi) is 5.42. The van der Waals surface area contributed by atoms with Gasteiger partial charge in [-0.25, -0.2) is 4.39 Å². The van der Waals surface area contributed by atoms with E-state index in [4.69, 9.17) is 16.3 Å². The monoisotopic (exact) mass is 376 g/mol. The number of hydrogen-bond donors (Lipinski definition) is 1. The average Bonchev–Trinajstić information content (AvgIpc) is 3.03. The summed E-state index contributed by atoms with van der Waals surface area (Å²) in [5, 5.41) is 2.72. The van der Waals surface area contributed by atoms with Crippen molar-refractivity contribution in [2.45, 2.75) is 25.9 Å². The van der Waals surface area contributed by atoms with Crippen LogP contribution in [0.15, 0.2) is 42.5 Å². The van der Waals surface area contributed by atoms with Crippen LogP contribution in [0, 0.1) is 5.82 Å². The second kappa shape index (κ2) is 7.74. The smallest absolute Gasteiger partial charge is 0.265 e. The summed E-state index contributed by atoms with van der Waals surface area (Å²) in [4.78, 5) is 25.9. The lowest BCUT2D eigenvalue weighted by Gasteiger charge is -2.19. The van der Waals surface area contributed by atoms with Gasteiger partial charge in [-0.2, -0.15) is 0 Å². The van der Waals surface area contributed by atoms with Gasteiger partial charge in [0.05, 0.1) is 10.7 Å². The van der Waals surface area contributed by atoms with Gasteiger partial charge in [-0.05, 0) is 43.7 Å². The maximum Gasteiger partial charge on any atom is 0.265 e. The summed E-state index contributed by atoms with van der Waals surface area (Å²) in [7, 11) is 0. The molecule has 1 aliphatic heterocycles. The maximum absolute atomic E-state index is 13.1. The van der Waals surface area contributed by atoms with E-state index in [0.717, 1.165) is 18.2 Å². The van der Waals surface area contributed by atoms with Gasteiger partial charge in [0.2, 0.25) is 5.91 Å². The van der Waals surface area contributed by atoms with E-state index in [1.165, 1.54) is 12.1 Å². The molecule has 1 saturated heterocycles. The Bertz CT molecular complexity index is 843. The number of carbonyl (C=O) groups is 2. The molecule has 1 heterocycles. The number of halogens is 2. The lowest BCUT2D eigenvalue weighted by atomic mass is 10.2. The number of ether oxygens (including phenoxy) is 1. The molecule has 1 fully saturated rings. The van der Waals surface area contributed by atoms with Crippen molar-refractivity contribution >= 4 is 34.8 Å². The van der Waals surface area contributed by atoms with Crippen LogP contribution in [0.5, 0.6) is 5.75 Å². The molecule has 0 bridgehead atoms. The summed E-state index contributed by atoms with van der Waals surface area (Å²) < 4.78 is 18.8. The molecule has 136 valence electrons. The fourth-order valence-electron chi connectivity index (χ4n) is 2.73. The lowest BCUT2D eigenvalue weighted by molar-refractivity contribution is -0.122. The van der Waals surface area contributed by atoms with Gasteiger partial charge in [0.1, 0.15) is 11.6 Å². The van der Waals surface area contributed by atoms with Crippen LogP contribution < -0.4 is 15.0 Å². The van der Waals surface area contributed by atoms with Gasteiger partial charge in [0.15, 0.2) is 6.10 Å². The lowest BCUT2D eigenvalue weighted by Crippen LogP contribution is -2.30. The van der Waals surface area contributed by atoms with Crippen molar-refractivity contribution in [3.8, 4) is 5.75 Å². The minimum atomic E-state index is -0.805. The first-order valence-corrected chi connectivity index (χ1v) is 8.65. The predicted octanol–water partition coefficient (Wildman–Crippen LogP) is 4.01. The molecule has 0 spiro atoms. The van der Waals surface area contributed by atoms with E-state index in [1.807, 2.05) is 6.07 Å². The second-order valence-electron chi connectivity index (χ2n) is 6.02. The van der Waals surface area contributed by atoms with Crippen LogP contribution in [0.25, 0.3) is 0 Å². The molecule has 3 rings (SSSR count). The van der Waals surface area contributed by atoms with E-state index >= 15 is 0 Å². The van der Waals surface area contributed by atoms with Crippen LogP contribution in [0.1, 0.15) is 19.8 Å². The van der Waals surface area contributed by atoms with Crippen LogP contribution in [0.3, 0.4) is 0 Å². The topological polar surface area (TPSA) is 58.6 Å². The molecule has 1 N–H and O–H groups in total.